The Bertz CT molecular complexity index is 375. The maximum Gasteiger partial charge on any atom is 0.161 e. The van der Waals surface area contributed by atoms with Crippen LogP contribution in [0, 0.1) is 5.92 Å². The number of benzene rings is 1. The van der Waals surface area contributed by atoms with E-state index in [4.69, 9.17) is 9.47 Å². The standard InChI is InChI=1S/C15H23NO2/c1-3-16-11-13-6-7-14(17-2)15(10-13)18-9-8-12-4-5-12/h6-7,10,12,16H,3-5,8-9,11H2,1-2H3. The molecule has 0 unspecified atom stereocenters. The third-order valence-electron chi connectivity index (χ3n) is 3.29. The fourth-order valence-corrected chi connectivity index (χ4v) is 1.96. The Labute approximate surface area is 109 Å². The molecule has 0 radical (unpaired) electrons. The Morgan fingerprint density at radius 1 is 1.28 bits per heavy atom. The second-order valence-corrected chi connectivity index (χ2v) is 4.85. The van der Waals surface area contributed by atoms with Crippen LogP contribution in [0.3, 0.4) is 0 Å². The molecule has 0 amide bonds. The van der Waals surface area contributed by atoms with E-state index in [2.05, 4.69) is 24.4 Å². The van der Waals surface area contributed by atoms with Crippen molar-refractivity contribution >= 4 is 0 Å². The minimum absolute atomic E-state index is 0.797. The highest BCUT2D eigenvalue weighted by Gasteiger charge is 2.21. The zero-order valence-corrected chi connectivity index (χ0v) is 11.4. The molecule has 3 heteroatoms. The molecular weight excluding hydrogens is 226 g/mol. The van der Waals surface area contributed by atoms with Crippen molar-refractivity contribution in [3.05, 3.63) is 23.8 Å². The molecule has 1 aromatic carbocycles. The Hall–Kier alpha value is -1.22. The normalized spacial score (nSPS) is 14.6. The lowest BCUT2D eigenvalue weighted by atomic mass is 10.2. The number of nitrogens with one attached hydrogen (secondary N) is 1. The van der Waals surface area contributed by atoms with Crippen LogP contribution in [0.2, 0.25) is 0 Å². The maximum absolute atomic E-state index is 5.85. The Kier molecular flexibility index (Phi) is 4.88. The summed E-state index contributed by atoms with van der Waals surface area (Å²) < 4.78 is 11.2. The third kappa shape index (κ3) is 3.91. The molecule has 100 valence electrons. The first-order chi connectivity index (χ1) is 8.83. The first kappa shape index (κ1) is 13.2. The number of methoxy groups -OCH3 is 1. The fourth-order valence-electron chi connectivity index (χ4n) is 1.96. The van der Waals surface area contributed by atoms with Gasteiger partial charge in [-0.2, -0.15) is 0 Å². The molecule has 1 aliphatic rings. The van der Waals surface area contributed by atoms with Gasteiger partial charge in [0.05, 0.1) is 13.7 Å². The van der Waals surface area contributed by atoms with Crippen LogP contribution in [-0.4, -0.2) is 20.3 Å². The van der Waals surface area contributed by atoms with Gasteiger partial charge in [-0.1, -0.05) is 25.8 Å². The van der Waals surface area contributed by atoms with Crippen molar-refractivity contribution in [3.8, 4) is 11.5 Å². The van der Waals surface area contributed by atoms with E-state index in [-0.39, 0.29) is 0 Å². The average molecular weight is 249 g/mol. The van der Waals surface area contributed by atoms with Gasteiger partial charge in [0.25, 0.3) is 0 Å². The van der Waals surface area contributed by atoms with E-state index in [1.165, 1.54) is 24.8 Å². The van der Waals surface area contributed by atoms with E-state index in [0.29, 0.717) is 0 Å². The summed E-state index contributed by atoms with van der Waals surface area (Å²) in [4.78, 5) is 0. The van der Waals surface area contributed by atoms with Gasteiger partial charge in [-0.05, 0) is 36.6 Å². The monoisotopic (exact) mass is 249 g/mol. The molecule has 3 nitrogen and oxygen atoms in total. The minimum atomic E-state index is 0.797. The lowest BCUT2D eigenvalue weighted by molar-refractivity contribution is 0.282. The van der Waals surface area contributed by atoms with Gasteiger partial charge < -0.3 is 14.8 Å². The Balaban J connectivity index is 1.93. The Morgan fingerprint density at radius 3 is 2.78 bits per heavy atom. The van der Waals surface area contributed by atoms with Gasteiger partial charge in [0.15, 0.2) is 11.5 Å². The van der Waals surface area contributed by atoms with Gasteiger partial charge in [-0.15, -0.1) is 0 Å². The van der Waals surface area contributed by atoms with Crippen LogP contribution in [0.5, 0.6) is 11.5 Å². The van der Waals surface area contributed by atoms with Crippen LogP contribution in [0.15, 0.2) is 18.2 Å². The molecule has 1 N–H and O–H groups in total. The van der Waals surface area contributed by atoms with Crippen LogP contribution in [0.4, 0.5) is 0 Å². The molecule has 0 aliphatic heterocycles. The predicted octanol–water partition coefficient (Wildman–Crippen LogP) is 2.98. The SMILES string of the molecule is CCNCc1ccc(OC)c(OCCC2CC2)c1. The first-order valence-electron chi connectivity index (χ1n) is 6.84. The maximum atomic E-state index is 5.85. The summed E-state index contributed by atoms with van der Waals surface area (Å²) in [7, 11) is 1.69. The topological polar surface area (TPSA) is 30.5 Å². The molecule has 0 saturated heterocycles. The molecule has 18 heavy (non-hydrogen) atoms. The predicted molar refractivity (Wildman–Crippen MR) is 73.2 cm³/mol. The quantitative estimate of drug-likeness (QED) is 0.768. The Morgan fingerprint density at radius 2 is 2.11 bits per heavy atom. The number of hydrogen-bond acceptors (Lipinski definition) is 3. The van der Waals surface area contributed by atoms with Crippen molar-refractivity contribution < 1.29 is 9.47 Å². The zero-order chi connectivity index (χ0) is 12.8. The van der Waals surface area contributed by atoms with Gasteiger partial charge >= 0.3 is 0 Å². The van der Waals surface area contributed by atoms with Crippen LogP contribution < -0.4 is 14.8 Å². The zero-order valence-electron chi connectivity index (χ0n) is 11.4. The second-order valence-electron chi connectivity index (χ2n) is 4.85. The summed E-state index contributed by atoms with van der Waals surface area (Å²) >= 11 is 0. The molecule has 2 rings (SSSR count). The summed E-state index contributed by atoms with van der Waals surface area (Å²) in [6, 6.07) is 6.14. The summed E-state index contributed by atoms with van der Waals surface area (Å²) in [5, 5.41) is 3.32. The van der Waals surface area contributed by atoms with Crippen LogP contribution >= 0.6 is 0 Å². The molecule has 0 atom stereocenters. The molecule has 1 aliphatic carbocycles. The van der Waals surface area contributed by atoms with Crippen molar-refractivity contribution in [3.63, 3.8) is 0 Å². The van der Waals surface area contributed by atoms with Gasteiger partial charge in [0, 0.05) is 6.54 Å². The van der Waals surface area contributed by atoms with Crippen molar-refractivity contribution in [1.82, 2.24) is 5.32 Å². The first-order valence-corrected chi connectivity index (χ1v) is 6.84. The van der Waals surface area contributed by atoms with Crippen molar-refractivity contribution in [2.24, 2.45) is 5.92 Å². The van der Waals surface area contributed by atoms with E-state index >= 15 is 0 Å². The van der Waals surface area contributed by atoms with Crippen molar-refractivity contribution in [2.45, 2.75) is 32.7 Å². The number of rotatable bonds is 8. The molecule has 1 fully saturated rings. The molecule has 0 aromatic heterocycles. The van der Waals surface area contributed by atoms with E-state index < -0.39 is 0 Å². The summed E-state index contributed by atoms with van der Waals surface area (Å²) in [5.41, 5.74) is 1.24. The lowest BCUT2D eigenvalue weighted by Crippen LogP contribution is -2.12. The average Bonchev–Trinajstić information content (AvgIpc) is 3.20. The fraction of sp³-hybridized carbons (Fsp3) is 0.600. The summed E-state index contributed by atoms with van der Waals surface area (Å²) in [5.74, 6) is 2.60. The van der Waals surface area contributed by atoms with Crippen LogP contribution in [0.25, 0.3) is 0 Å². The molecule has 0 bridgehead atoms. The molecular formula is C15H23NO2. The van der Waals surface area contributed by atoms with Gasteiger partial charge in [0.1, 0.15) is 0 Å². The lowest BCUT2D eigenvalue weighted by Gasteiger charge is -2.12. The summed E-state index contributed by atoms with van der Waals surface area (Å²) in [6.07, 6.45) is 3.92. The number of hydrogen-bond donors (Lipinski definition) is 1. The molecule has 0 heterocycles. The van der Waals surface area contributed by atoms with E-state index in [0.717, 1.165) is 37.1 Å². The van der Waals surface area contributed by atoms with Gasteiger partial charge in [-0.25, -0.2) is 0 Å². The van der Waals surface area contributed by atoms with E-state index in [1.807, 2.05) is 6.07 Å². The third-order valence-corrected chi connectivity index (χ3v) is 3.29. The van der Waals surface area contributed by atoms with Crippen molar-refractivity contribution in [2.75, 3.05) is 20.3 Å². The smallest absolute Gasteiger partial charge is 0.161 e. The minimum Gasteiger partial charge on any atom is -0.493 e. The highest BCUT2D eigenvalue weighted by molar-refractivity contribution is 5.42. The molecule has 0 spiro atoms. The van der Waals surface area contributed by atoms with Gasteiger partial charge in [0.2, 0.25) is 0 Å². The van der Waals surface area contributed by atoms with Crippen molar-refractivity contribution in [1.29, 1.82) is 0 Å². The highest BCUT2D eigenvalue weighted by Crippen LogP contribution is 2.33. The molecule has 1 aromatic rings. The molecule has 1 saturated carbocycles. The van der Waals surface area contributed by atoms with E-state index in [1.54, 1.807) is 7.11 Å². The number of ether oxygens (including phenoxy) is 2. The van der Waals surface area contributed by atoms with Gasteiger partial charge in [-0.3, -0.25) is 0 Å². The van der Waals surface area contributed by atoms with Crippen LogP contribution in [0.1, 0.15) is 31.7 Å². The summed E-state index contributed by atoms with van der Waals surface area (Å²) in [6.45, 7) is 4.76. The van der Waals surface area contributed by atoms with Crippen LogP contribution in [-0.2, 0) is 6.54 Å². The second kappa shape index (κ2) is 6.64. The largest absolute Gasteiger partial charge is 0.493 e. The highest BCUT2D eigenvalue weighted by atomic mass is 16.5. The van der Waals surface area contributed by atoms with E-state index in [9.17, 15) is 0 Å².